The Labute approximate surface area is 47.4 Å². The van der Waals surface area contributed by atoms with E-state index in [1.807, 2.05) is 6.92 Å². The maximum atomic E-state index is 5.29. The van der Waals surface area contributed by atoms with E-state index < -0.39 is 0 Å². The van der Waals surface area contributed by atoms with Crippen LogP contribution in [-0.2, 0) is 4.43 Å². The van der Waals surface area contributed by atoms with Gasteiger partial charge in [0.25, 0.3) is 0 Å². The van der Waals surface area contributed by atoms with Crippen molar-refractivity contribution in [2.24, 2.45) is 0 Å². The molecule has 0 aliphatic carbocycles. The summed E-state index contributed by atoms with van der Waals surface area (Å²) in [6, 6.07) is 1.22. The molecular formula is C5H13OSi. The summed E-state index contributed by atoms with van der Waals surface area (Å²) in [5.74, 6) is 0. The fourth-order valence-corrected chi connectivity index (χ4v) is 1.05. The number of hydrogen-bond donors (Lipinski definition) is 0. The van der Waals surface area contributed by atoms with Crippen molar-refractivity contribution in [1.82, 2.24) is 0 Å². The summed E-state index contributed by atoms with van der Waals surface area (Å²) < 4.78 is 5.29. The molecule has 0 saturated carbocycles. The van der Waals surface area contributed by atoms with Gasteiger partial charge in [-0.1, -0.05) is 6.92 Å². The molecule has 1 nitrogen and oxygen atoms in total. The lowest BCUT2D eigenvalue weighted by molar-refractivity contribution is 0.346. The van der Waals surface area contributed by atoms with E-state index in [1.165, 1.54) is 6.04 Å². The summed E-state index contributed by atoms with van der Waals surface area (Å²) in [5, 5.41) is 0. The van der Waals surface area contributed by atoms with Gasteiger partial charge in [-0.05, 0) is 19.5 Å². The van der Waals surface area contributed by atoms with Crippen molar-refractivity contribution in [2.75, 3.05) is 6.61 Å². The van der Waals surface area contributed by atoms with Crippen LogP contribution in [0.1, 0.15) is 13.8 Å². The zero-order valence-corrected chi connectivity index (χ0v) is 6.32. The Hall–Kier alpha value is 0.177. The zero-order chi connectivity index (χ0) is 5.70. The van der Waals surface area contributed by atoms with E-state index in [2.05, 4.69) is 13.5 Å². The number of rotatable bonds is 3. The highest BCUT2D eigenvalue weighted by Crippen LogP contribution is 1.89. The van der Waals surface area contributed by atoms with Gasteiger partial charge in [-0.25, -0.2) is 0 Å². The van der Waals surface area contributed by atoms with Crippen molar-refractivity contribution in [1.29, 1.82) is 0 Å². The minimum atomic E-state index is -0.380. The number of hydrogen-bond acceptors (Lipinski definition) is 1. The van der Waals surface area contributed by atoms with E-state index in [0.29, 0.717) is 0 Å². The van der Waals surface area contributed by atoms with Crippen LogP contribution in [0.3, 0.4) is 0 Å². The summed E-state index contributed by atoms with van der Waals surface area (Å²) in [4.78, 5) is 0. The standard InChI is InChI=1S/C5H13OSi/c1-4-6-7(3)5-2/h4-5H2,1-3H3. The largest absolute Gasteiger partial charge is 0.417 e. The van der Waals surface area contributed by atoms with Gasteiger partial charge in [0.2, 0.25) is 9.04 Å². The van der Waals surface area contributed by atoms with Crippen molar-refractivity contribution in [3.05, 3.63) is 0 Å². The molecule has 0 spiro atoms. The molecule has 0 heterocycles. The summed E-state index contributed by atoms with van der Waals surface area (Å²) >= 11 is 0. The van der Waals surface area contributed by atoms with E-state index in [-0.39, 0.29) is 9.04 Å². The molecule has 2 heteroatoms. The zero-order valence-electron chi connectivity index (χ0n) is 5.32. The van der Waals surface area contributed by atoms with E-state index in [4.69, 9.17) is 4.43 Å². The first kappa shape index (κ1) is 7.18. The fraction of sp³-hybridized carbons (Fsp3) is 1.00. The Balaban J connectivity index is 2.83. The topological polar surface area (TPSA) is 9.23 Å². The molecule has 0 rings (SSSR count). The maximum Gasteiger partial charge on any atom is 0.207 e. The van der Waals surface area contributed by atoms with Crippen LogP contribution in [0, 0.1) is 0 Å². The van der Waals surface area contributed by atoms with Gasteiger partial charge in [-0.2, -0.15) is 0 Å². The van der Waals surface area contributed by atoms with Crippen LogP contribution < -0.4 is 0 Å². The molecule has 0 aliphatic rings. The van der Waals surface area contributed by atoms with Gasteiger partial charge >= 0.3 is 0 Å². The van der Waals surface area contributed by atoms with Crippen LogP contribution in [-0.4, -0.2) is 15.6 Å². The van der Waals surface area contributed by atoms with Crippen molar-refractivity contribution >= 4 is 9.04 Å². The Kier molecular flexibility index (Phi) is 4.45. The summed E-state index contributed by atoms with van der Waals surface area (Å²) in [5.41, 5.74) is 0. The lowest BCUT2D eigenvalue weighted by Gasteiger charge is -2.02. The second kappa shape index (κ2) is 4.34. The molecule has 0 N–H and O–H groups in total. The van der Waals surface area contributed by atoms with Gasteiger partial charge in [-0.3, -0.25) is 0 Å². The lowest BCUT2D eigenvalue weighted by Crippen LogP contribution is -2.10. The fourth-order valence-electron chi connectivity index (χ4n) is 0.348. The van der Waals surface area contributed by atoms with Crippen molar-refractivity contribution in [3.63, 3.8) is 0 Å². The molecule has 0 aromatic heterocycles. The van der Waals surface area contributed by atoms with Crippen molar-refractivity contribution < 1.29 is 4.43 Å². The lowest BCUT2D eigenvalue weighted by atomic mass is 10.9. The van der Waals surface area contributed by atoms with Gasteiger partial charge in [-0.15, -0.1) is 0 Å². The minimum Gasteiger partial charge on any atom is -0.417 e. The van der Waals surface area contributed by atoms with Gasteiger partial charge in [0.1, 0.15) is 0 Å². The molecule has 0 aromatic rings. The van der Waals surface area contributed by atoms with Crippen molar-refractivity contribution in [3.8, 4) is 0 Å². The first-order chi connectivity index (χ1) is 3.31. The predicted octanol–water partition coefficient (Wildman–Crippen LogP) is 1.66. The second-order valence-electron chi connectivity index (χ2n) is 1.49. The molecule has 0 aliphatic heterocycles. The van der Waals surface area contributed by atoms with E-state index in [0.717, 1.165) is 6.61 Å². The van der Waals surface area contributed by atoms with Gasteiger partial charge in [0.15, 0.2) is 0 Å². The Morgan fingerprint density at radius 1 is 1.43 bits per heavy atom. The Morgan fingerprint density at radius 2 is 2.00 bits per heavy atom. The van der Waals surface area contributed by atoms with Crippen LogP contribution in [0.4, 0.5) is 0 Å². The third-order valence-corrected chi connectivity index (χ3v) is 2.67. The molecular weight excluding hydrogens is 104 g/mol. The van der Waals surface area contributed by atoms with E-state index >= 15 is 0 Å². The SMILES string of the molecule is CCO[Si](C)CC. The van der Waals surface area contributed by atoms with E-state index in [9.17, 15) is 0 Å². The highest BCUT2D eigenvalue weighted by atomic mass is 28.3. The van der Waals surface area contributed by atoms with Crippen LogP contribution in [0.2, 0.25) is 12.6 Å². The van der Waals surface area contributed by atoms with Crippen molar-refractivity contribution in [2.45, 2.75) is 26.4 Å². The molecule has 7 heavy (non-hydrogen) atoms. The molecule has 0 saturated heterocycles. The van der Waals surface area contributed by atoms with Crippen LogP contribution >= 0.6 is 0 Å². The minimum absolute atomic E-state index is 0.380. The first-order valence-corrected chi connectivity index (χ1v) is 4.88. The summed E-state index contributed by atoms with van der Waals surface area (Å²) in [7, 11) is -0.380. The van der Waals surface area contributed by atoms with Gasteiger partial charge in [0, 0.05) is 6.61 Å². The molecule has 0 bridgehead atoms. The molecule has 0 aromatic carbocycles. The average Bonchev–Trinajstić information content (AvgIpc) is 1.68. The average molecular weight is 117 g/mol. The predicted molar refractivity (Wildman–Crippen MR) is 33.7 cm³/mol. The molecule has 0 amide bonds. The third-order valence-electron chi connectivity index (χ3n) is 0.889. The van der Waals surface area contributed by atoms with Crippen LogP contribution in [0.5, 0.6) is 0 Å². The quantitative estimate of drug-likeness (QED) is 0.511. The molecule has 1 radical (unpaired) electrons. The second-order valence-corrected chi connectivity index (χ2v) is 3.89. The Bertz CT molecular complexity index is 39.1. The maximum absolute atomic E-state index is 5.29. The highest BCUT2D eigenvalue weighted by molar-refractivity contribution is 6.49. The van der Waals surface area contributed by atoms with Crippen LogP contribution in [0.25, 0.3) is 0 Å². The molecule has 0 atom stereocenters. The van der Waals surface area contributed by atoms with Gasteiger partial charge in [0.05, 0.1) is 0 Å². The normalized spacial score (nSPS) is 10.3. The molecule has 0 unspecified atom stereocenters. The smallest absolute Gasteiger partial charge is 0.207 e. The highest BCUT2D eigenvalue weighted by Gasteiger charge is 1.97. The summed E-state index contributed by atoms with van der Waals surface area (Å²) in [6.45, 7) is 7.29. The van der Waals surface area contributed by atoms with Gasteiger partial charge < -0.3 is 4.43 Å². The molecule has 0 fully saturated rings. The molecule has 43 valence electrons. The third kappa shape index (κ3) is 4.02. The van der Waals surface area contributed by atoms with E-state index in [1.54, 1.807) is 0 Å². The first-order valence-electron chi connectivity index (χ1n) is 2.76. The van der Waals surface area contributed by atoms with Crippen LogP contribution in [0.15, 0.2) is 0 Å². The monoisotopic (exact) mass is 117 g/mol. The Morgan fingerprint density at radius 3 is 2.14 bits per heavy atom. The summed E-state index contributed by atoms with van der Waals surface area (Å²) in [6.07, 6.45) is 0.